The monoisotopic (exact) mass is 297 g/mol. The number of aromatic nitrogens is 4. The lowest BCUT2D eigenvalue weighted by Crippen LogP contribution is -2.02. The Morgan fingerprint density at radius 3 is 2.77 bits per heavy atom. The number of nitrogens with one attached hydrogen (secondary N) is 1. The van der Waals surface area contributed by atoms with Crippen LogP contribution in [0.5, 0.6) is 0 Å². The summed E-state index contributed by atoms with van der Waals surface area (Å²) in [5, 5.41) is 20.9. The second-order valence-electron chi connectivity index (χ2n) is 5.09. The van der Waals surface area contributed by atoms with Crippen LogP contribution in [0.4, 0.5) is 5.69 Å². The number of rotatable bonds is 6. The second kappa shape index (κ2) is 6.44. The summed E-state index contributed by atoms with van der Waals surface area (Å²) in [6, 6.07) is 10.1. The van der Waals surface area contributed by atoms with Crippen LogP contribution in [-0.4, -0.2) is 31.3 Å². The summed E-state index contributed by atoms with van der Waals surface area (Å²) in [4.78, 5) is 0. The highest BCUT2D eigenvalue weighted by atomic mass is 16.3. The molecule has 0 amide bonds. The Morgan fingerprint density at radius 1 is 1.18 bits per heavy atom. The molecular formula is C16H19N5O. The lowest BCUT2D eigenvalue weighted by Gasteiger charge is -2.02. The molecule has 3 aromatic rings. The largest absolute Gasteiger partial charge is 0.394 e. The summed E-state index contributed by atoms with van der Waals surface area (Å²) in [6.45, 7) is 3.28. The van der Waals surface area contributed by atoms with E-state index in [0.717, 1.165) is 22.6 Å². The highest BCUT2D eigenvalue weighted by Gasteiger charge is 2.06. The first-order valence-electron chi connectivity index (χ1n) is 7.24. The number of aliphatic hydroxyl groups excluding tert-OH is 1. The standard InChI is InChI=1S/C16H19N5O/c1-13-14(9-17-15-10-18-20(12-15)7-8-22)11-21(19-13)16-5-3-2-4-6-16/h2-6,10-12,17,22H,7-9H2,1H3. The third-order valence-electron chi connectivity index (χ3n) is 3.47. The average Bonchev–Trinajstić information content (AvgIpc) is 3.13. The third-order valence-corrected chi connectivity index (χ3v) is 3.47. The number of aryl methyl sites for hydroxylation is 1. The van der Waals surface area contributed by atoms with Crippen molar-refractivity contribution in [1.29, 1.82) is 0 Å². The van der Waals surface area contributed by atoms with Crippen molar-refractivity contribution < 1.29 is 5.11 Å². The minimum absolute atomic E-state index is 0.0874. The Labute approximate surface area is 129 Å². The molecule has 0 radical (unpaired) electrons. The fourth-order valence-corrected chi connectivity index (χ4v) is 2.26. The van der Waals surface area contributed by atoms with Gasteiger partial charge >= 0.3 is 0 Å². The number of para-hydroxylation sites is 1. The molecule has 0 saturated carbocycles. The highest BCUT2D eigenvalue weighted by molar-refractivity contribution is 5.40. The minimum atomic E-state index is 0.0874. The van der Waals surface area contributed by atoms with Gasteiger partial charge in [0.15, 0.2) is 0 Å². The maximum absolute atomic E-state index is 8.89. The number of anilines is 1. The fourth-order valence-electron chi connectivity index (χ4n) is 2.26. The Balaban J connectivity index is 1.69. The number of hydrogen-bond donors (Lipinski definition) is 2. The van der Waals surface area contributed by atoms with E-state index in [1.165, 1.54) is 0 Å². The summed E-state index contributed by atoms with van der Waals surface area (Å²) in [6.07, 6.45) is 5.68. The molecular weight excluding hydrogens is 278 g/mol. The van der Waals surface area contributed by atoms with E-state index >= 15 is 0 Å². The van der Waals surface area contributed by atoms with Crippen LogP contribution in [0, 0.1) is 6.92 Å². The van der Waals surface area contributed by atoms with Gasteiger partial charge in [0.1, 0.15) is 0 Å². The number of nitrogens with zero attached hydrogens (tertiary/aromatic N) is 4. The number of aliphatic hydroxyl groups is 1. The lowest BCUT2D eigenvalue weighted by molar-refractivity contribution is 0.269. The molecule has 3 rings (SSSR count). The number of benzene rings is 1. The second-order valence-corrected chi connectivity index (χ2v) is 5.09. The van der Waals surface area contributed by atoms with Gasteiger partial charge in [-0.2, -0.15) is 10.2 Å². The van der Waals surface area contributed by atoms with Crippen molar-refractivity contribution in [2.75, 3.05) is 11.9 Å². The predicted molar refractivity (Wildman–Crippen MR) is 84.9 cm³/mol. The van der Waals surface area contributed by atoms with Gasteiger partial charge in [0.05, 0.1) is 36.4 Å². The van der Waals surface area contributed by atoms with Gasteiger partial charge in [-0.15, -0.1) is 0 Å². The summed E-state index contributed by atoms with van der Waals surface area (Å²) < 4.78 is 3.60. The van der Waals surface area contributed by atoms with Gasteiger partial charge in [-0.05, 0) is 19.1 Å². The van der Waals surface area contributed by atoms with Gasteiger partial charge in [0, 0.05) is 24.5 Å². The molecule has 0 saturated heterocycles. The van der Waals surface area contributed by atoms with Crippen LogP contribution in [-0.2, 0) is 13.1 Å². The van der Waals surface area contributed by atoms with E-state index in [9.17, 15) is 0 Å². The van der Waals surface area contributed by atoms with Crippen molar-refractivity contribution >= 4 is 5.69 Å². The Kier molecular flexibility index (Phi) is 4.20. The van der Waals surface area contributed by atoms with E-state index < -0.39 is 0 Å². The van der Waals surface area contributed by atoms with E-state index in [-0.39, 0.29) is 6.61 Å². The molecule has 0 aliphatic heterocycles. The summed E-state index contributed by atoms with van der Waals surface area (Å²) in [7, 11) is 0. The van der Waals surface area contributed by atoms with E-state index in [1.807, 2.05) is 54.3 Å². The quantitative estimate of drug-likeness (QED) is 0.730. The molecule has 0 atom stereocenters. The predicted octanol–water partition coefficient (Wildman–Crippen LogP) is 1.98. The fraction of sp³-hybridized carbons (Fsp3) is 0.250. The molecule has 0 fully saturated rings. The molecule has 114 valence electrons. The lowest BCUT2D eigenvalue weighted by atomic mass is 10.2. The van der Waals surface area contributed by atoms with Crippen molar-refractivity contribution in [3.63, 3.8) is 0 Å². The van der Waals surface area contributed by atoms with Gasteiger partial charge in [-0.1, -0.05) is 18.2 Å². The molecule has 22 heavy (non-hydrogen) atoms. The molecule has 6 nitrogen and oxygen atoms in total. The Hall–Kier alpha value is -2.60. The highest BCUT2D eigenvalue weighted by Crippen LogP contribution is 2.14. The summed E-state index contributed by atoms with van der Waals surface area (Å²) >= 11 is 0. The van der Waals surface area contributed by atoms with Crippen LogP contribution >= 0.6 is 0 Å². The number of hydrogen-bond acceptors (Lipinski definition) is 4. The van der Waals surface area contributed by atoms with Crippen molar-refractivity contribution in [3.8, 4) is 5.69 Å². The van der Waals surface area contributed by atoms with E-state index in [2.05, 4.69) is 15.5 Å². The Morgan fingerprint density at radius 2 is 2.00 bits per heavy atom. The van der Waals surface area contributed by atoms with Gasteiger partial charge in [0.2, 0.25) is 0 Å². The minimum Gasteiger partial charge on any atom is -0.394 e. The van der Waals surface area contributed by atoms with Crippen LogP contribution in [0.1, 0.15) is 11.3 Å². The van der Waals surface area contributed by atoms with Crippen molar-refractivity contribution in [2.45, 2.75) is 20.0 Å². The first kappa shape index (κ1) is 14.3. The van der Waals surface area contributed by atoms with E-state index in [0.29, 0.717) is 13.1 Å². The van der Waals surface area contributed by atoms with Crippen LogP contribution in [0.3, 0.4) is 0 Å². The molecule has 2 N–H and O–H groups in total. The molecule has 0 aliphatic carbocycles. The van der Waals surface area contributed by atoms with Crippen molar-refractivity contribution in [3.05, 3.63) is 60.2 Å². The van der Waals surface area contributed by atoms with Crippen LogP contribution in [0.25, 0.3) is 5.69 Å². The summed E-state index contributed by atoms with van der Waals surface area (Å²) in [5.41, 5.74) is 4.12. The van der Waals surface area contributed by atoms with Gasteiger partial charge in [-0.25, -0.2) is 4.68 Å². The molecule has 0 aliphatic rings. The zero-order valence-electron chi connectivity index (χ0n) is 12.5. The molecule has 0 spiro atoms. The van der Waals surface area contributed by atoms with Gasteiger partial charge < -0.3 is 10.4 Å². The molecule has 0 bridgehead atoms. The average molecular weight is 297 g/mol. The molecule has 2 aromatic heterocycles. The normalized spacial score (nSPS) is 10.8. The first-order chi connectivity index (χ1) is 10.8. The molecule has 2 heterocycles. The zero-order valence-corrected chi connectivity index (χ0v) is 12.5. The third kappa shape index (κ3) is 3.17. The maximum Gasteiger partial charge on any atom is 0.0729 e. The van der Waals surface area contributed by atoms with Gasteiger partial charge in [-0.3, -0.25) is 4.68 Å². The van der Waals surface area contributed by atoms with E-state index in [1.54, 1.807) is 10.9 Å². The van der Waals surface area contributed by atoms with E-state index in [4.69, 9.17) is 5.11 Å². The smallest absolute Gasteiger partial charge is 0.0729 e. The van der Waals surface area contributed by atoms with Crippen molar-refractivity contribution in [2.24, 2.45) is 0 Å². The van der Waals surface area contributed by atoms with Crippen LogP contribution in [0.15, 0.2) is 48.9 Å². The van der Waals surface area contributed by atoms with Crippen molar-refractivity contribution in [1.82, 2.24) is 19.6 Å². The van der Waals surface area contributed by atoms with Crippen LogP contribution in [0.2, 0.25) is 0 Å². The Bertz CT molecular complexity index is 732. The van der Waals surface area contributed by atoms with Gasteiger partial charge in [0.25, 0.3) is 0 Å². The topological polar surface area (TPSA) is 67.9 Å². The summed E-state index contributed by atoms with van der Waals surface area (Å²) in [5.74, 6) is 0. The first-order valence-corrected chi connectivity index (χ1v) is 7.24. The SMILES string of the molecule is Cc1nn(-c2ccccc2)cc1CNc1cnn(CCO)c1. The molecule has 1 aromatic carbocycles. The molecule has 6 heteroatoms. The zero-order chi connectivity index (χ0) is 15.4. The van der Waals surface area contributed by atoms with Crippen LogP contribution < -0.4 is 5.32 Å². The maximum atomic E-state index is 8.89. The molecule has 0 unspecified atom stereocenters.